The van der Waals surface area contributed by atoms with Gasteiger partial charge in [-0.25, -0.2) is 0 Å². The maximum Gasteiger partial charge on any atom is 0.0342 e. The van der Waals surface area contributed by atoms with Crippen molar-refractivity contribution in [2.75, 3.05) is 46.3 Å². The largest absolute Gasteiger partial charge is 0.314 e. The molecule has 3 heteroatoms. The van der Waals surface area contributed by atoms with Crippen LogP contribution in [-0.4, -0.2) is 62.2 Å². The molecular weight excluding hydrogens is 174 g/mol. The first kappa shape index (κ1) is 10.4. The Hall–Kier alpha value is -0.120. The second-order valence-electron chi connectivity index (χ2n) is 4.69. The van der Waals surface area contributed by atoms with E-state index in [0.717, 1.165) is 6.04 Å². The lowest BCUT2D eigenvalue weighted by Crippen LogP contribution is -2.57. The minimum Gasteiger partial charge on any atom is -0.314 e. The molecule has 0 saturated carbocycles. The molecule has 0 bridgehead atoms. The van der Waals surface area contributed by atoms with Crippen molar-refractivity contribution < 1.29 is 0 Å². The Morgan fingerprint density at radius 3 is 2.50 bits per heavy atom. The highest BCUT2D eigenvalue weighted by atomic mass is 15.2. The Kier molecular flexibility index (Phi) is 3.79. The lowest BCUT2D eigenvalue weighted by atomic mass is 10.1. The maximum absolute atomic E-state index is 3.32. The van der Waals surface area contributed by atoms with Gasteiger partial charge < -0.3 is 10.2 Å². The van der Waals surface area contributed by atoms with Gasteiger partial charge in [0.1, 0.15) is 0 Å². The molecule has 0 radical (unpaired) electrons. The molecule has 0 aromatic carbocycles. The van der Waals surface area contributed by atoms with Crippen LogP contribution in [0.1, 0.15) is 19.3 Å². The summed E-state index contributed by atoms with van der Waals surface area (Å²) in [5, 5.41) is 3.32. The van der Waals surface area contributed by atoms with Gasteiger partial charge in [-0.2, -0.15) is 0 Å². The highest BCUT2D eigenvalue weighted by Gasteiger charge is 2.21. The van der Waals surface area contributed by atoms with Crippen LogP contribution in [0.3, 0.4) is 0 Å². The summed E-state index contributed by atoms with van der Waals surface area (Å²) >= 11 is 0. The summed E-state index contributed by atoms with van der Waals surface area (Å²) in [7, 11) is 2.26. The zero-order chi connectivity index (χ0) is 9.80. The van der Waals surface area contributed by atoms with Gasteiger partial charge >= 0.3 is 0 Å². The summed E-state index contributed by atoms with van der Waals surface area (Å²) in [6.45, 7) is 7.56. The van der Waals surface area contributed by atoms with Gasteiger partial charge in [-0.1, -0.05) is 6.42 Å². The molecule has 2 rings (SSSR count). The third-order valence-corrected chi connectivity index (χ3v) is 3.60. The van der Waals surface area contributed by atoms with Crippen molar-refractivity contribution in [3.05, 3.63) is 0 Å². The van der Waals surface area contributed by atoms with Gasteiger partial charge in [0.2, 0.25) is 0 Å². The maximum atomic E-state index is 3.32. The number of piperidine rings is 1. The Balaban J connectivity index is 1.60. The van der Waals surface area contributed by atoms with Crippen molar-refractivity contribution in [1.29, 1.82) is 0 Å². The fourth-order valence-electron chi connectivity index (χ4n) is 2.25. The molecule has 0 aromatic rings. The highest BCUT2D eigenvalue weighted by Crippen LogP contribution is 2.09. The number of nitrogens with one attached hydrogen (secondary N) is 1. The number of likely N-dealkylation sites (N-methyl/N-ethyl adjacent to an activating group) is 1. The molecule has 0 atom stereocenters. The Labute approximate surface area is 87.4 Å². The predicted octanol–water partition coefficient (Wildman–Crippen LogP) is 0.376. The number of hydrogen-bond donors (Lipinski definition) is 1. The molecule has 1 N–H and O–H groups in total. The average molecular weight is 197 g/mol. The zero-order valence-corrected chi connectivity index (χ0v) is 9.34. The van der Waals surface area contributed by atoms with E-state index in [9.17, 15) is 0 Å². The molecule has 0 aromatic heterocycles. The van der Waals surface area contributed by atoms with Crippen LogP contribution in [0.25, 0.3) is 0 Å². The second-order valence-corrected chi connectivity index (χ2v) is 4.69. The van der Waals surface area contributed by atoms with E-state index in [1.54, 1.807) is 0 Å². The van der Waals surface area contributed by atoms with Crippen LogP contribution in [0.4, 0.5) is 0 Å². The van der Waals surface area contributed by atoms with Gasteiger partial charge in [-0.15, -0.1) is 0 Å². The van der Waals surface area contributed by atoms with Crippen LogP contribution in [0.2, 0.25) is 0 Å². The smallest absolute Gasteiger partial charge is 0.0342 e. The van der Waals surface area contributed by atoms with Gasteiger partial charge in [0.05, 0.1) is 0 Å². The molecule has 2 heterocycles. The third kappa shape index (κ3) is 2.69. The monoisotopic (exact) mass is 197 g/mol. The minimum atomic E-state index is 0.805. The number of likely N-dealkylation sites (tertiary alicyclic amines) is 1. The molecule has 2 fully saturated rings. The minimum absolute atomic E-state index is 0.805. The SMILES string of the molecule is CN(CCN1CCCCC1)C1CNC1. The normalized spacial score (nSPS) is 25.3. The van der Waals surface area contributed by atoms with E-state index >= 15 is 0 Å². The van der Waals surface area contributed by atoms with Crippen LogP contribution >= 0.6 is 0 Å². The van der Waals surface area contributed by atoms with E-state index in [4.69, 9.17) is 0 Å². The summed E-state index contributed by atoms with van der Waals surface area (Å²) in [5.74, 6) is 0. The molecule has 14 heavy (non-hydrogen) atoms. The lowest BCUT2D eigenvalue weighted by Gasteiger charge is -2.37. The van der Waals surface area contributed by atoms with Gasteiger partial charge in [-0.3, -0.25) is 4.90 Å². The summed E-state index contributed by atoms with van der Waals surface area (Å²) in [4.78, 5) is 5.12. The molecule has 2 aliphatic rings. The molecule has 2 saturated heterocycles. The van der Waals surface area contributed by atoms with Crippen LogP contribution in [0.5, 0.6) is 0 Å². The molecular formula is C11H23N3. The summed E-state index contributed by atoms with van der Waals surface area (Å²) in [6, 6.07) is 0.805. The number of hydrogen-bond acceptors (Lipinski definition) is 3. The van der Waals surface area contributed by atoms with Crippen LogP contribution < -0.4 is 5.32 Å². The molecule has 0 amide bonds. The van der Waals surface area contributed by atoms with Gasteiger partial charge in [0.25, 0.3) is 0 Å². The molecule has 82 valence electrons. The van der Waals surface area contributed by atoms with Gasteiger partial charge in [0, 0.05) is 32.2 Å². The fraction of sp³-hybridized carbons (Fsp3) is 1.00. The van der Waals surface area contributed by atoms with E-state index in [1.807, 2.05) is 0 Å². The molecule has 3 nitrogen and oxygen atoms in total. The Morgan fingerprint density at radius 1 is 1.21 bits per heavy atom. The highest BCUT2D eigenvalue weighted by molar-refractivity contribution is 4.83. The summed E-state index contributed by atoms with van der Waals surface area (Å²) in [5.41, 5.74) is 0. The van der Waals surface area contributed by atoms with Crippen molar-refractivity contribution in [2.45, 2.75) is 25.3 Å². The van der Waals surface area contributed by atoms with E-state index in [1.165, 1.54) is 58.5 Å². The van der Waals surface area contributed by atoms with Crippen LogP contribution in [0, 0.1) is 0 Å². The fourth-order valence-corrected chi connectivity index (χ4v) is 2.25. The predicted molar refractivity (Wildman–Crippen MR) is 59.6 cm³/mol. The average Bonchev–Trinajstić information content (AvgIpc) is 2.14. The van der Waals surface area contributed by atoms with Crippen molar-refractivity contribution in [3.8, 4) is 0 Å². The van der Waals surface area contributed by atoms with E-state index in [0.29, 0.717) is 0 Å². The third-order valence-electron chi connectivity index (χ3n) is 3.60. The van der Waals surface area contributed by atoms with Crippen molar-refractivity contribution in [2.24, 2.45) is 0 Å². The molecule has 2 aliphatic heterocycles. The second kappa shape index (κ2) is 5.10. The van der Waals surface area contributed by atoms with Crippen molar-refractivity contribution in [1.82, 2.24) is 15.1 Å². The first-order valence-electron chi connectivity index (χ1n) is 5.99. The Bertz CT molecular complexity index is 160. The van der Waals surface area contributed by atoms with E-state index in [-0.39, 0.29) is 0 Å². The summed E-state index contributed by atoms with van der Waals surface area (Å²) in [6.07, 6.45) is 4.27. The first-order chi connectivity index (χ1) is 6.86. The van der Waals surface area contributed by atoms with E-state index in [2.05, 4.69) is 22.2 Å². The number of nitrogens with zero attached hydrogens (tertiary/aromatic N) is 2. The van der Waals surface area contributed by atoms with Crippen LogP contribution in [0.15, 0.2) is 0 Å². The quantitative estimate of drug-likeness (QED) is 0.703. The molecule has 0 aliphatic carbocycles. The van der Waals surface area contributed by atoms with Crippen molar-refractivity contribution in [3.63, 3.8) is 0 Å². The zero-order valence-electron chi connectivity index (χ0n) is 9.34. The molecule has 0 spiro atoms. The standard InChI is InChI=1S/C11H23N3/c1-13(11-9-12-10-11)7-8-14-5-3-2-4-6-14/h11-12H,2-10H2,1H3. The van der Waals surface area contributed by atoms with Crippen LogP contribution in [-0.2, 0) is 0 Å². The summed E-state index contributed by atoms with van der Waals surface area (Å²) < 4.78 is 0. The first-order valence-corrected chi connectivity index (χ1v) is 5.99. The molecule has 0 unspecified atom stereocenters. The van der Waals surface area contributed by atoms with Gasteiger partial charge in [-0.05, 0) is 33.0 Å². The number of rotatable bonds is 4. The van der Waals surface area contributed by atoms with Crippen molar-refractivity contribution >= 4 is 0 Å². The Morgan fingerprint density at radius 2 is 1.93 bits per heavy atom. The lowest BCUT2D eigenvalue weighted by molar-refractivity contribution is 0.142. The van der Waals surface area contributed by atoms with Gasteiger partial charge in [0.15, 0.2) is 0 Å². The van der Waals surface area contributed by atoms with E-state index < -0.39 is 0 Å². The topological polar surface area (TPSA) is 18.5 Å².